The van der Waals surface area contributed by atoms with Crippen molar-refractivity contribution in [3.05, 3.63) is 220 Å². The van der Waals surface area contributed by atoms with Crippen LogP contribution in [0.2, 0.25) is 0 Å². The Bertz CT molecular complexity index is 3620. The smallest absolute Gasteiger partial charge is 0.0360 e. The van der Waals surface area contributed by atoms with E-state index < -0.39 is 0 Å². The molecule has 9 aromatic carbocycles. The maximum atomic E-state index is 3.57. The van der Waals surface area contributed by atoms with Crippen molar-refractivity contribution < 1.29 is 0 Å². The molecule has 4 aliphatic rings. The lowest BCUT2D eigenvalue weighted by Crippen LogP contribution is -2.17. The summed E-state index contributed by atoms with van der Waals surface area (Å²) < 4.78 is 0. The summed E-state index contributed by atoms with van der Waals surface area (Å²) in [5, 5.41) is 7.91. The third kappa shape index (κ3) is 5.57. The molecule has 1 unspecified atom stereocenters. The molecule has 0 aromatic heterocycles. The predicted octanol–water partition coefficient (Wildman–Crippen LogP) is 17.6. The van der Waals surface area contributed by atoms with Crippen molar-refractivity contribution in [1.29, 1.82) is 0 Å². The normalized spacial score (nSPS) is 16.9. The molecule has 314 valence electrons. The van der Waals surface area contributed by atoms with Gasteiger partial charge in [0.05, 0.1) is 0 Å². The maximum absolute atomic E-state index is 3.57. The van der Waals surface area contributed by atoms with Gasteiger partial charge in [0.1, 0.15) is 0 Å². The second-order valence-electron chi connectivity index (χ2n) is 19.6. The largest absolute Gasteiger partial charge is 0.124 e. The van der Waals surface area contributed by atoms with Crippen LogP contribution in [0.4, 0.5) is 0 Å². The van der Waals surface area contributed by atoms with Gasteiger partial charge in [-0.2, -0.15) is 0 Å². The van der Waals surface area contributed by atoms with E-state index in [2.05, 4.69) is 211 Å². The van der Waals surface area contributed by atoms with Crippen molar-refractivity contribution in [2.75, 3.05) is 0 Å². The SMILES string of the molecule is CC.CCc1cc(-c2ccc3ccc4cc(-c5cccc6c5-c5ccccc5C6(C)C)cc5ccc2c3c45)ccc1-c1ccc(C2=C3C4=C(C=C=CC32)c2ccccc2C4(C)C)cc1C. The summed E-state index contributed by atoms with van der Waals surface area (Å²) in [7, 11) is 0. The Morgan fingerprint density at radius 3 is 1.89 bits per heavy atom. The number of aryl methyl sites for hydroxylation is 2. The molecular weight excluding hydrogens is 781 g/mol. The van der Waals surface area contributed by atoms with Gasteiger partial charge >= 0.3 is 0 Å². The molecule has 0 heteroatoms. The van der Waals surface area contributed by atoms with E-state index in [0.29, 0.717) is 5.92 Å². The molecule has 13 rings (SSSR count). The molecule has 0 aliphatic heterocycles. The van der Waals surface area contributed by atoms with Gasteiger partial charge in [-0.25, -0.2) is 0 Å². The van der Waals surface area contributed by atoms with E-state index in [9.17, 15) is 0 Å². The zero-order valence-electron chi connectivity index (χ0n) is 38.9. The first kappa shape index (κ1) is 39.6. The van der Waals surface area contributed by atoms with Crippen LogP contribution in [-0.4, -0.2) is 0 Å². The number of fused-ring (bicyclic) bond motifs is 7. The number of hydrogen-bond donors (Lipinski definition) is 0. The Balaban J connectivity index is 0.00000219. The lowest BCUT2D eigenvalue weighted by Gasteiger charge is -2.23. The van der Waals surface area contributed by atoms with Gasteiger partial charge in [-0.1, -0.05) is 188 Å². The molecule has 0 heterocycles. The standard InChI is InChI=1S/C63H48.C2H6/c1-7-37-33-39(25-30-45(37)44-28-26-40(32-36(44)2)58-52-18-12-17-50-48-14-8-10-19-53(48)63(5,6)61(50)60(52)58)46-29-24-38-22-23-41-34-43(35-42-27-31-49(46)57(38)56(41)42)47-16-13-21-55-59(47)51-15-9-11-20-54(51)62(55,3)4;1-2/h8-11,13-35,52H,7H2,1-6H3;1-2H3. The first-order valence-corrected chi connectivity index (χ1v) is 23.8. The van der Waals surface area contributed by atoms with E-state index in [1.54, 1.807) is 0 Å². The van der Waals surface area contributed by atoms with Crippen LogP contribution in [0.15, 0.2) is 181 Å². The zero-order valence-corrected chi connectivity index (χ0v) is 38.9. The second-order valence-corrected chi connectivity index (χ2v) is 19.6. The predicted molar refractivity (Wildman–Crippen MR) is 279 cm³/mol. The quantitative estimate of drug-likeness (QED) is 0.120. The minimum atomic E-state index is -0.0309. The highest BCUT2D eigenvalue weighted by molar-refractivity contribution is 6.26. The van der Waals surface area contributed by atoms with Crippen molar-refractivity contribution in [2.24, 2.45) is 5.92 Å². The van der Waals surface area contributed by atoms with Gasteiger partial charge in [0.15, 0.2) is 0 Å². The van der Waals surface area contributed by atoms with Crippen molar-refractivity contribution in [3.8, 4) is 44.5 Å². The fourth-order valence-electron chi connectivity index (χ4n) is 12.4. The summed E-state index contributed by atoms with van der Waals surface area (Å²) in [5.74, 6) is 0.334. The topological polar surface area (TPSA) is 0 Å². The molecule has 0 fully saturated rings. The zero-order chi connectivity index (χ0) is 44.5. The Kier molecular flexibility index (Phi) is 8.69. The Morgan fingerprint density at radius 2 is 1.12 bits per heavy atom. The summed E-state index contributed by atoms with van der Waals surface area (Å²) in [4.78, 5) is 0. The molecule has 0 bridgehead atoms. The second kappa shape index (κ2) is 14.3. The molecule has 0 saturated heterocycles. The minimum Gasteiger partial charge on any atom is -0.124 e. The first-order valence-electron chi connectivity index (χ1n) is 23.8. The molecule has 0 saturated carbocycles. The van der Waals surface area contributed by atoms with E-state index in [1.165, 1.54) is 138 Å². The number of hydrogen-bond acceptors (Lipinski definition) is 0. The van der Waals surface area contributed by atoms with Crippen LogP contribution in [0.5, 0.6) is 0 Å². The third-order valence-corrected chi connectivity index (χ3v) is 15.5. The van der Waals surface area contributed by atoms with Gasteiger partial charge in [0.2, 0.25) is 0 Å². The third-order valence-electron chi connectivity index (χ3n) is 15.5. The summed E-state index contributed by atoms with van der Waals surface area (Å²) in [5.41, 5.74) is 29.5. The lowest BCUT2D eigenvalue weighted by molar-refractivity contribution is 0.646. The molecule has 4 aliphatic carbocycles. The average Bonchev–Trinajstić information content (AvgIpc) is 3.97. The van der Waals surface area contributed by atoms with Gasteiger partial charge in [-0.3, -0.25) is 0 Å². The van der Waals surface area contributed by atoms with Crippen molar-refractivity contribution in [3.63, 3.8) is 0 Å². The highest BCUT2D eigenvalue weighted by Gasteiger charge is 2.48. The Hall–Kier alpha value is -6.98. The molecule has 0 nitrogen and oxygen atoms in total. The fraction of sp³-hybridized carbons (Fsp3) is 0.185. The van der Waals surface area contributed by atoms with E-state index in [4.69, 9.17) is 0 Å². The van der Waals surface area contributed by atoms with Gasteiger partial charge in [-0.15, -0.1) is 5.73 Å². The van der Waals surface area contributed by atoms with Crippen LogP contribution in [0.3, 0.4) is 0 Å². The van der Waals surface area contributed by atoms with E-state index >= 15 is 0 Å². The van der Waals surface area contributed by atoms with E-state index in [0.717, 1.165) is 6.42 Å². The molecule has 0 spiro atoms. The van der Waals surface area contributed by atoms with Crippen LogP contribution >= 0.6 is 0 Å². The van der Waals surface area contributed by atoms with Gasteiger partial charge < -0.3 is 0 Å². The lowest BCUT2D eigenvalue weighted by atomic mass is 9.79. The Labute approximate surface area is 384 Å². The average molecular weight is 835 g/mol. The van der Waals surface area contributed by atoms with Crippen LogP contribution in [0.25, 0.3) is 88.0 Å². The first-order chi connectivity index (χ1) is 31.6. The van der Waals surface area contributed by atoms with Crippen LogP contribution in [0.1, 0.15) is 87.4 Å². The Morgan fingerprint density at radius 1 is 0.492 bits per heavy atom. The van der Waals surface area contributed by atoms with Crippen LogP contribution < -0.4 is 0 Å². The van der Waals surface area contributed by atoms with Crippen LogP contribution in [0, 0.1) is 12.8 Å². The number of rotatable bonds is 5. The molecule has 0 radical (unpaired) electrons. The minimum absolute atomic E-state index is 0.0265. The van der Waals surface area contributed by atoms with Crippen molar-refractivity contribution in [2.45, 2.75) is 72.6 Å². The van der Waals surface area contributed by atoms with Crippen molar-refractivity contribution in [1.82, 2.24) is 0 Å². The number of allylic oxidation sites excluding steroid dienone is 5. The van der Waals surface area contributed by atoms with Gasteiger partial charge in [-0.05, 0) is 176 Å². The highest BCUT2D eigenvalue weighted by Crippen LogP contribution is 2.62. The monoisotopic (exact) mass is 834 g/mol. The summed E-state index contributed by atoms with van der Waals surface area (Å²) in [6, 6.07) is 58.1. The van der Waals surface area contributed by atoms with E-state index in [-0.39, 0.29) is 10.8 Å². The molecule has 0 amide bonds. The number of benzene rings is 9. The molecular formula is C65H54. The summed E-state index contributed by atoms with van der Waals surface area (Å²) >= 11 is 0. The van der Waals surface area contributed by atoms with E-state index in [1.807, 2.05) is 13.8 Å². The summed E-state index contributed by atoms with van der Waals surface area (Å²) in [6.45, 7) is 18.1. The molecule has 9 aromatic rings. The van der Waals surface area contributed by atoms with Gasteiger partial charge in [0, 0.05) is 16.7 Å². The van der Waals surface area contributed by atoms with Gasteiger partial charge in [0.25, 0.3) is 0 Å². The van der Waals surface area contributed by atoms with Crippen molar-refractivity contribution >= 4 is 43.5 Å². The van der Waals surface area contributed by atoms with Crippen LogP contribution in [-0.2, 0) is 17.3 Å². The highest BCUT2D eigenvalue weighted by atomic mass is 14.5. The fourth-order valence-corrected chi connectivity index (χ4v) is 12.4. The summed E-state index contributed by atoms with van der Waals surface area (Å²) in [6.07, 6.45) is 5.47. The molecule has 0 N–H and O–H groups in total. The maximum Gasteiger partial charge on any atom is 0.0360 e. The molecule has 1 atom stereocenters. The molecule has 65 heavy (non-hydrogen) atoms.